The van der Waals surface area contributed by atoms with Gasteiger partial charge < -0.3 is 4.79 Å². The van der Waals surface area contributed by atoms with Crippen LogP contribution in [0.4, 0.5) is 0 Å². The molecule has 0 atom stereocenters. The molecule has 0 fully saturated rings. The molecule has 0 unspecified atom stereocenters. The second-order valence-corrected chi connectivity index (χ2v) is 12.6. The lowest BCUT2D eigenvalue weighted by Gasteiger charge is -2.34. The van der Waals surface area contributed by atoms with Gasteiger partial charge in [0.15, 0.2) is 0 Å². The Morgan fingerprint density at radius 3 is 1.69 bits per heavy atom. The highest BCUT2D eigenvalue weighted by Gasteiger charge is 2.41. The van der Waals surface area contributed by atoms with E-state index in [1.807, 2.05) is 20.8 Å². The summed E-state index contributed by atoms with van der Waals surface area (Å²) >= 11 is 6.17. The summed E-state index contributed by atoms with van der Waals surface area (Å²) in [5.74, 6) is 0. The third-order valence-corrected chi connectivity index (χ3v) is 9.27. The van der Waals surface area contributed by atoms with E-state index in [1.165, 1.54) is 0 Å². The van der Waals surface area contributed by atoms with Crippen LogP contribution in [0.3, 0.4) is 0 Å². The molecule has 0 radical (unpaired) electrons. The molecule has 0 rings (SSSR count). The first-order valence-electron chi connectivity index (χ1n) is 5.72. The maximum atomic E-state index is 12.3. The fraction of sp³-hybridized carbons (Fsp3) is 0.769. The molecule has 0 N–H and O–H groups in total. The van der Waals surface area contributed by atoms with Crippen molar-refractivity contribution in [1.29, 1.82) is 0 Å². The van der Waals surface area contributed by atoms with E-state index in [0.29, 0.717) is 5.03 Å². The zero-order valence-electron chi connectivity index (χ0n) is 11.9. The molecule has 3 heteroatoms. The third-order valence-electron chi connectivity index (χ3n) is 3.47. The lowest BCUT2D eigenvalue weighted by molar-refractivity contribution is -0.108. The lowest BCUT2D eigenvalue weighted by Crippen LogP contribution is -2.45. The van der Waals surface area contributed by atoms with Gasteiger partial charge in [-0.2, -0.15) is 0 Å². The van der Waals surface area contributed by atoms with Crippen LogP contribution in [0.2, 0.25) is 18.1 Å². The van der Waals surface area contributed by atoms with E-state index in [9.17, 15) is 4.79 Å². The highest BCUT2D eigenvalue weighted by Crippen LogP contribution is 2.38. The zero-order chi connectivity index (χ0) is 13.4. The first kappa shape index (κ1) is 15.9. The summed E-state index contributed by atoms with van der Waals surface area (Å²) in [4.78, 5) is 12.3. The van der Waals surface area contributed by atoms with Gasteiger partial charge in [0.25, 0.3) is 0 Å². The van der Waals surface area contributed by atoms with Crippen molar-refractivity contribution >= 4 is 25.1 Å². The number of carbonyl (C=O) groups excluding carboxylic acids is 1. The van der Waals surface area contributed by atoms with Crippen molar-refractivity contribution in [2.75, 3.05) is 0 Å². The van der Waals surface area contributed by atoms with Gasteiger partial charge in [-0.05, 0) is 16.5 Å². The van der Waals surface area contributed by atoms with Crippen LogP contribution in [-0.2, 0) is 4.79 Å². The molecule has 0 heterocycles. The topological polar surface area (TPSA) is 17.1 Å². The summed E-state index contributed by atoms with van der Waals surface area (Å²) in [5.41, 5.74) is -0.139. The minimum Gasteiger partial charge on any atom is -0.301 e. The molecule has 0 amide bonds. The van der Waals surface area contributed by atoms with E-state index in [4.69, 9.17) is 11.6 Å². The van der Waals surface area contributed by atoms with Gasteiger partial charge in [0.05, 0.1) is 0 Å². The van der Waals surface area contributed by atoms with E-state index >= 15 is 0 Å². The van der Waals surface area contributed by atoms with Crippen molar-refractivity contribution in [2.24, 2.45) is 5.41 Å². The van der Waals surface area contributed by atoms with Gasteiger partial charge in [-0.3, -0.25) is 0 Å². The molecule has 1 nitrogen and oxygen atoms in total. The molecule has 0 bridgehead atoms. The lowest BCUT2D eigenvalue weighted by atomic mass is 9.96. The fourth-order valence-electron chi connectivity index (χ4n) is 0.882. The molecular formula is C13H25ClOSi. The second kappa shape index (κ2) is 4.65. The first-order chi connectivity index (χ1) is 6.80. The fourth-order valence-corrected chi connectivity index (χ4v) is 2.32. The zero-order valence-corrected chi connectivity index (χ0v) is 13.6. The van der Waals surface area contributed by atoms with Crippen LogP contribution < -0.4 is 0 Å². The van der Waals surface area contributed by atoms with E-state index in [2.05, 4.69) is 33.9 Å². The van der Waals surface area contributed by atoms with Crippen molar-refractivity contribution in [1.82, 2.24) is 0 Å². The summed E-state index contributed by atoms with van der Waals surface area (Å²) in [5, 5.41) is 0.956. The smallest absolute Gasteiger partial charge is 0.137 e. The Morgan fingerprint density at radius 2 is 1.44 bits per heavy atom. The van der Waals surface area contributed by atoms with E-state index in [1.54, 1.807) is 6.08 Å². The van der Waals surface area contributed by atoms with Crippen molar-refractivity contribution in [3.05, 3.63) is 11.1 Å². The van der Waals surface area contributed by atoms with Gasteiger partial charge in [0.1, 0.15) is 13.5 Å². The summed E-state index contributed by atoms with van der Waals surface area (Å²) < 4.78 is 0. The predicted octanol–water partition coefficient (Wildman–Crippen LogP) is 4.77. The van der Waals surface area contributed by atoms with E-state index in [0.717, 1.165) is 0 Å². The van der Waals surface area contributed by atoms with Crippen LogP contribution in [-0.4, -0.2) is 13.5 Å². The normalized spacial score (nSPS) is 15.2. The van der Waals surface area contributed by atoms with Gasteiger partial charge in [0, 0.05) is 5.03 Å². The molecular weight excluding hydrogens is 236 g/mol. The molecule has 0 spiro atoms. The van der Waals surface area contributed by atoms with Crippen molar-refractivity contribution in [2.45, 2.75) is 59.7 Å². The Hall–Kier alpha value is -0.0831. The van der Waals surface area contributed by atoms with Crippen molar-refractivity contribution < 1.29 is 4.79 Å². The van der Waals surface area contributed by atoms with Gasteiger partial charge in [-0.1, -0.05) is 66.2 Å². The first-order valence-corrected chi connectivity index (χ1v) is 9.10. The molecule has 16 heavy (non-hydrogen) atoms. The third kappa shape index (κ3) is 3.74. The number of carbonyl (C=O) groups is 1. The molecule has 94 valence electrons. The standard InChI is InChI=1S/C13H25ClOSi/c1-12(2,3)10(14)9-11(15)16(7,8)13(4,5)6/h9H,1-8H3/b10-9-. The quantitative estimate of drug-likeness (QED) is 0.516. The van der Waals surface area contributed by atoms with Gasteiger partial charge in [0.2, 0.25) is 0 Å². The van der Waals surface area contributed by atoms with E-state index in [-0.39, 0.29) is 15.9 Å². The molecule has 0 aliphatic rings. The summed E-state index contributed by atoms with van der Waals surface area (Å²) in [6.45, 7) is 16.7. The minimum absolute atomic E-state index is 0.0651. The van der Waals surface area contributed by atoms with Crippen molar-refractivity contribution in [3.8, 4) is 0 Å². The van der Waals surface area contributed by atoms with Crippen LogP contribution in [0, 0.1) is 5.41 Å². The van der Waals surface area contributed by atoms with Crippen molar-refractivity contribution in [3.63, 3.8) is 0 Å². The molecule has 0 aliphatic heterocycles. The summed E-state index contributed by atoms with van der Waals surface area (Å²) in [6, 6.07) is 0. The van der Waals surface area contributed by atoms with Crippen LogP contribution in [0.1, 0.15) is 41.5 Å². The van der Waals surface area contributed by atoms with Crippen LogP contribution in [0.5, 0.6) is 0 Å². The molecule has 0 aromatic rings. The van der Waals surface area contributed by atoms with Crippen LogP contribution in [0.25, 0.3) is 0 Å². The Labute approximate surface area is 106 Å². The Morgan fingerprint density at radius 1 is 1.06 bits per heavy atom. The number of allylic oxidation sites excluding steroid dienone is 2. The maximum absolute atomic E-state index is 12.3. The molecule has 0 saturated heterocycles. The number of hydrogen-bond acceptors (Lipinski definition) is 1. The predicted molar refractivity (Wildman–Crippen MR) is 75.6 cm³/mol. The number of halogens is 1. The monoisotopic (exact) mass is 260 g/mol. The minimum atomic E-state index is -1.95. The van der Waals surface area contributed by atoms with Gasteiger partial charge in [-0.15, -0.1) is 0 Å². The molecule has 0 aromatic heterocycles. The Balaban J connectivity index is 5.13. The van der Waals surface area contributed by atoms with Crippen LogP contribution in [0.15, 0.2) is 11.1 Å². The maximum Gasteiger partial charge on any atom is 0.137 e. The molecule has 0 saturated carbocycles. The SMILES string of the molecule is CC(C)(C)/C(Cl)=C/C(=O)[Si](C)(C)C(C)(C)C. The number of hydrogen-bond donors (Lipinski definition) is 0. The van der Waals surface area contributed by atoms with E-state index < -0.39 is 8.07 Å². The summed E-state index contributed by atoms with van der Waals surface area (Å²) in [7, 11) is -1.95. The Kier molecular flexibility index (Phi) is 4.63. The van der Waals surface area contributed by atoms with Crippen LogP contribution >= 0.6 is 11.6 Å². The second-order valence-electron chi connectivity index (χ2n) is 6.98. The Bertz CT molecular complexity index is 303. The summed E-state index contributed by atoms with van der Waals surface area (Å²) in [6.07, 6.45) is 1.65. The van der Waals surface area contributed by atoms with Gasteiger partial charge in [-0.25, -0.2) is 0 Å². The largest absolute Gasteiger partial charge is 0.301 e. The molecule has 0 aromatic carbocycles. The number of rotatable bonds is 2. The average molecular weight is 261 g/mol. The highest BCUT2D eigenvalue weighted by atomic mass is 35.5. The molecule has 0 aliphatic carbocycles. The van der Waals surface area contributed by atoms with Gasteiger partial charge >= 0.3 is 0 Å². The average Bonchev–Trinajstić information content (AvgIpc) is 1.99. The highest BCUT2D eigenvalue weighted by molar-refractivity contribution is 7.07.